The Hall–Kier alpha value is -2.19. The summed E-state index contributed by atoms with van der Waals surface area (Å²) >= 11 is 0. The number of rotatable bonds is 3. The molecule has 140 valence electrons. The molecule has 8 nitrogen and oxygen atoms in total. The summed E-state index contributed by atoms with van der Waals surface area (Å²) in [7, 11) is 2.00. The second kappa shape index (κ2) is 6.85. The van der Waals surface area contributed by atoms with Gasteiger partial charge in [0.2, 0.25) is 5.95 Å². The van der Waals surface area contributed by atoms with Crippen LogP contribution in [0.4, 0.5) is 5.95 Å². The maximum absolute atomic E-state index is 12.6. The molecule has 2 atom stereocenters. The lowest BCUT2D eigenvalue weighted by Gasteiger charge is -2.36. The van der Waals surface area contributed by atoms with E-state index in [9.17, 15) is 4.79 Å². The molecule has 1 saturated heterocycles. The first-order valence-corrected chi connectivity index (χ1v) is 9.20. The van der Waals surface area contributed by atoms with E-state index in [2.05, 4.69) is 19.8 Å². The monoisotopic (exact) mass is 358 g/mol. The average Bonchev–Trinajstić information content (AvgIpc) is 2.98. The van der Waals surface area contributed by atoms with E-state index in [1.54, 1.807) is 0 Å². The molecule has 4 rings (SSSR count). The Bertz CT molecular complexity index is 834. The van der Waals surface area contributed by atoms with Crippen LogP contribution in [0.3, 0.4) is 0 Å². The highest BCUT2D eigenvalue weighted by Crippen LogP contribution is 2.20. The van der Waals surface area contributed by atoms with E-state index in [1.807, 2.05) is 37.9 Å². The van der Waals surface area contributed by atoms with E-state index >= 15 is 0 Å². The van der Waals surface area contributed by atoms with Gasteiger partial charge in [-0.15, -0.1) is 0 Å². The fraction of sp³-hybridized carbons (Fsp3) is 0.611. The summed E-state index contributed by atoms with van der Waals surface area (Å²) in [4.78, 5) is 29.2. The summed E-state index contributed by atoms with van der Waals surface area (Å²) in [6.45, 7) is 7.86. The van der Waals surface area contributed by atoms with E-state index in [0.29, 0.717) is 12.5 Å². The van der Waals surface area contributed by atoms with Gasteiger partial charge in [-0.25, -0.2) is 9.97 Å². The predicted molar refractivity (Wildman–Crippen MR) is 98.1 cm³/mol. The number of nitrogens with zero attached hydrogens (tertiary/aromatic N) is 5. The number of hydrogen-bond acceptors (Lipinski definition) is 6. The largest absolute Gasteiger partial charge is 0.372 e. The first kappa shape index (κ1) is 17.2. The van der Waals surface area contributed by atoms with Gasteiger partial charge in [-0.1, -0.05) is 0 Å². The third kappa shape index (κ3) is 3.39. The minimum absolute atomic E-state index is 0.00607. The maximum Gasteiger partial charge on any atom is 0.255 e. The van der Waals surface area contributed by atoms with Crippen LogP contribution in [-0.4, -0.2) is 56.3 Å². The molecule has 2 aliphatic rings. The van der Waals surface area contributed by atoms with Crippen LogP contribution in [0.15, 0.2) is 17.2 Å². The van der Waals surface area contributed by atoms with Gasteiger partial charge in [0.15, 0.2) is 0 Å². The minimum atomic E-state index is -0.00607. The number of aromatic amines is 1. The fourth-order valence-corrected chi connectivity index (χ4v) is 3.87. The van der Waals surface area contributed by atoms with Gasteiger partial charge in [-0.2, -0.15) is 0 Å². The lowest BCUT2D eigenvalue weighted by atomic mass is 10.1. The number of ether oxygens (including phenoxy) is 1. The molecule has 26 heavy (non-hydrogen) atoms. The molecule has 8 heteroatoms. The Morgan fingerprint density at radius 2 is 2.08 bits per heavy atom. The molecule has 0 radical (unpaired) electrons. The molecular weight excluding hydrogens is 332 g/mol. The van der Waals surface area contributed by atoms with Crippen LogP contribution in [0.1, 0.15) is 30.9 Å². The predicted octanol–water partition coefficient (Wildman–Crippen LogP) is 0.675. The van der Waals surface area contributed by atoms with Crippen LogP contribution in [0, 0.1) is 0 Å². The Morgan fingerprint density at radius 1 is 1.31 bits per heavy atom. The minimum Gasteiger partial charge on any atom is -0.372 e. The van der Waals surface area contributed by atoms with Gasteiger partial charge in [0.1, 0.15) is 5.82 Å². The Balaban J connectivity index is 1.56. The Labute approximate surface area is 152 Å². The number of nitrogens with one attached hydrogen (secondary N) is 1. The van der Waals surface area contributed by atoms with Gasteiger partial charge >= 0.3 is 0 Å². The zero-order chi connectivity index (χ0) is 18.3. The summed E-state index contributed by atoms with van der Waals surface area (Å²) in [5.41, 5.74) is 1.70. The molecule has 0 unspecified atom stereocenters. The quantitative estimate of drug-likeness (QED) is 0.869. The van der Waals surface area contributed by atoms with Gasteiger partial charge in [-0.3, -0.25) is 14.7 Å². The Morgan fingerprint density at radius 3 is 2.77 bits per heavy atom. The smallest absolute Gasteiger partial charge is 0.255 e. The van der Waals surface area contributed by atoms with Gasteiger partial charge < -0.3 is 14.2 Å². The van der Waals surface area contributed by atoms with Crippen molar-refractivity contribution in [2.75, 3.05) is 24.5 Å². The second-order valence-electron chi connectivity index (χ2n) is 7.39. The molecule has 0 aromatic carbocycles. The SMILES string of the molecule is C[C@@H]1CN(c2nc3c(c(=O)[nH]2)CCN(Cc2nccn2C)C3)C[C@H](C)O1. The third-order valence-electron chi connectivity index (χ3n) is 5.15. The summed E-state index contributed by atoms with van der Waals surface area (Å²) in [5.74, 6) is 1.68. The van der Waals surface area contributed by atoms with Gasteiger partial charge in [0.05, 0.1) is 24.4 Å². The number of imidazole rings is 1. The highest BCUT2D eigenvalue weighted by molar-refractivity contribution is 5.35. The van der Waals surface area contributed by atoms with Crippen molar-refractivity contribution in [2.24, 2.45) is 7.05 Å². The normalized spacial score (nSPS) is 23.9. The summed E-state index contributed by atoms with van der Waals surface area (Å²) in [6, 6.07) is 0. The van der Waals surface area contributed by atoms with Crippen molar-refractivity contribution in [3.8, 4) is 0 Å². The van der Waals surface area contributed by atoms with Crippen LogP contribution in [0.25, 0.3) is 0 Å². The van der Waals surface area contributed by atoms with E-state index in [0.717, 1.165) is 49.7 Å². The molecule has 2 aromatic rings. The van der Waals surface area contributed by atoms with Crippen LogP contribution >= 0.6 is 0 Å². The highest BCUT2D eigenvalue weighted by Gasteiger charge is 2.27. The van der Waals surface area contributed by atoms with Crippen molar-refractivity contribution in [2.45, 2.75) is 45.6 Å². The lowest BCUT2D eigenvalue weighted by Crippen LogP contribution is -2.47. The topological polar surface area (TPSA) is 79.3 Å². The molecule has 2 aromatic heterocycles. The highest BCUT2D eigenvalue weighted by atomic mass is 16.5. The van der Waals surface area contributed by atoms with Gasteiger partial charge in [-0.05, 0) is 20.3 Å². The van der Waals surface area contributed by atoms with Crippen molar-refractivity contribution in [1.82, 2.24) is 24.4 Å². The number of hydrogen-bond donors (Lipinski definition) is 1. The molecule has 0 amide bonds. The molecule has 2 aliphatic heterocycles. The maximum atomic E-state index is 12.6. The zero-order valence-corrected chi connectivity index (χ0v) is 15.6. The van der Waals surface area contributed by atoms with Crippen molar-refractivity contribution in [3.63, 3.8) is 0 Å². The number of aryl methyl sites for hydroxylation is 1. The van der Waals surface area contributed by atoms with E-state index in [-0.39, 0.29) is 17.8 Å². The molecule has 1 fully saturated rings. The molecular formula is C18H26N6O2. The number of aromatic nitrogens is 4. The van der Waals surface area contributed by atoms with Gasteiger partial charge in [0.25, 0.3) is 5.56 Å². The average molecular weight is 358 g/mol. The first-order chi connectivity index (χ1) is 12.5. The van der Waals surface area contributed by atoms with Crippen LogP contribution < -0.4 is 10.5 Å². The molecule has 0 saturated carbocycles. The molecule has 0 aliphatic carbocycles. The second-order valence-corrected chi connectivity index (χ2v) is 7.39. The number of H-pyrrole nitrogens is 1. The summed E-state index contributed by atoms with van der Waals surface area (Å²) < 4.78 is 7.82. The lowest BCUT2D eigenvalue weighted by molar-refractivity contribution is -0.00576. The number of fused-ring (bicyclic) bond motifs is 1. The summed E-state index contributed by atoms with van der Waals surface area (Å²) in [5, 5.41) is 0. The Kier molecular flexibility index (Phi) is 4.54. The zero-order valence-electron chi connectivity index (χ0n) is 15.6. The van der Waals surface area contributed by atoms with Crippen LogP contribution in [0.2, 0.25) is 0 Å². The molecule has 4 heterocycles. The molecule has 0 bridgehead atoms. The summed E-state index contributed by atoms with van der Waals surface area (Å²) in [6.07, 6.45) is 4.74. The van der Waals surface area contributed by atoms with Gasteiger partial charge in [0, 0.05) is 51.2 Å². The van der Waals surface area contributed by atoms with Crippen LogP contribution in [0.5, 0.6) is 0 Å². The van der Waals surface area contributed by atoms with Crippen molar-refractivity contribution in [3.05, 3.63) is 39.8 Å². The van der Waals surface area contributed by atoms with Crippen molar-refractivity contribution < 1.29 is 4.74 Å². The standard InChI is InChI=1S/C18H26N6O2/c1-12-8-24(9-13(2)26-12)18-20-15-10-23(6-4-14(15)17(25)21-18)11-16-19-5-7-22(16)3/h5,7,12-13H,4,6,8-11H2,1-3H3,(H,20,21,25)/t12-,13+. The number of morpholine rings is 1. The first-order valence-electron chi connectivity index (χ1n) is 9.20. The molecule has 0 spiro atoms. The van der Waals surface area contributed by atoms with Crippen molar-refractivity contribution in [1.29, 1.82) is 0 Å². The third-order valence-corrected chi connectivity index (χ3v) is 5.15. The fourth-order valence-electron chi connectivity index (χ4n) is 3.87. The van der Waals surface area contributed by atoms with E-state index in [4.69, 9.17) is 9.72 Å². The van der Waals surface area contributed by atoms with Crippen LogP contribution in [-0.2, 0) is 31.3 Å². The number of anilines is 1. The van der Waals surface area contributed by atoms with Crippen molar-refractivity contribution >= 4 is 5.95 Å². The van der Waals surface area contributed by atoms with E-state index in [1.165, 1.54) is 0 Å². The molecule has 1 N–H and O–H groups in total. The van der Waals surface area contributed by atoms with E-state index < -0.39 is 0 Å².